The van der Waals surface area contributed by atoms with Crippen molar-refractivity contribution >= 4 is 5.91 Å². The van der Waals surface area contributed by atoms with Crippen LogP contribution in [0.4, 0.5) is 0 Å². The standard InChI is InChI=1S/C13H24N2O2/c1-10-7-12(3-5-14-10)13(16)15-6-4-11(8-15)9-17-2/h10-12,14H,3-9H2,1-2H3. The zero-order chi connectivity index (χ0) is 12.3. The van der Waals surface area contributed by atoms with E-state index in [9.17, 15) is 4.79 Å². The van der Waals surface area contributed by atoms with E-state index in [4.69, 9.17) is 4.74 Å². The van der Waals surface area contributed by atoms with E-state index < -0.39 is 0 Å². The third-order valence-electron chi connectivity index (χ3n) is 3.97. The zero-order valence-corrected chi connectivity index (χ0v) is 10.9. The Morgan fingerprint density at radius 1 is 1.47 bits per heavy atom. The molecular weight excluding hydrogens is 216 g/mol. The molecule has 0 aromatic carbocycles. The lowest BCUT2D eigenvalue weighted by Crippen LogP contribution is -2.43. The largest absolute Gasteiger partial charge is 0.384 e. The number of methoxy groups -OCH3 is 1. The van der Waals surface area contributed by atoms with Crippen LogP contribution in [-0.2, 0) is 9.53 Å². The first-order chi connectivity index (χ1) is 8.20. The number of nitrogens with one attached hydrogen (secondary N) is 1. The number of rotatable bonds is 3. The van der Waals surface area contributed by atoms with Gasteiger partial charge >= 0.3 is 0 Å². The lowest BCUT2D eigenvalue weighted by atomic mass is 9.92. The van der Waals surface area contributed by atoms with Crippen molar-refractivity contribution in [1.29, 1.82) is 0 Å². The molecule has 4 nitrogen and oxygen atoms in total. The molecule has 17 heavy (non-hydrogen) atoms. The molecule has 2 heterocycles. The van der Waals surface area contributed by atoms with E-state index in [2.05, 4.69) is 12.2 Å². The Hall–Kier alpha value is -0.610. The summed E-state index contributed by atoms with van der Waals surface area (Å²) in [6, 6.07) is 0.482. The third kappa shape index (κ3) is 3.19. The van der Waals surface area contributed by atoms with Crippen LogP contribution >= 0.6 is 0 Å². The summed E-state index contributed by atoms with van der Waals surface area (Å²) in [5.41, 5.74) is 0. The number of hydrogen-bond acceptors (Lipinski definition) is 3. The first kappa shape index (κ1) is 12.8. The van der Waals surface area contributed by atoms with Crippen molar-refractivity contribution in [1.82, 2.24) is 10.2 Å². The summed E-state index contributed by atoms with van der Waals surface area (Å²) in [4.78, 5) is 14.4. The minimum absolute atomic E-state index is 0.243. The first-order valence-electron chi connectivity index (χ1n) is 6.71. The number of likely N-dealkylation sites (tertiary alicyclic amines) is 1. The molecule has 2 rings (SSSR count). The smallest absolute Gasteiger partial charge is 0.225 e. The van der Waals surface area contributed by atoms with Crippen molar-refractivity contribution in [3.05, 3.63) is 0 Å². The summed E-state index contributed by atoms with van der Waals surface area (Å²) in [7, 11) is 1.74. The molecule has 1 amide bonds. The molecule has 3 unspecified atom stereocenters. The van der Waals surface area contributed by atoms with Crippen LogP contribution in [0.15, 0.2) is 0 Å². The van der Waals surface area contributed by atoms with Crippen LogP contribution in [-0.4, -0.2) is 50.2 Å². The average molecular weight is 240 g/mol. The predicted molar refractivity (Wildman–Crippen MR) is 66.8 cm³/mol. The maximum absolute atomic E-state index is 12.4. The molecule has 0 spiro atoms. The van der Waals surface area contributed by atoms with Crippen LogP contribution in [0.5, 0.6) is 0 Å². The van der Waals surface area contributed by atoms with Gasteiger partial charge in [-0.25, -0.2) is 0 Å². The summed E-state index contributed by atoms with van der Waals surface area (Å²) in [6.07, 6.45) is 3.08. The fraction of sp³-hybridized carbons (Fsp3) is 0.923. The van der Waals surface area contributed by atoms with Crippen LogP contribution in [0.2, 0.25) is 0 Å². The molecule has 2 fully saturated rings. The van der Waals surface area contributed by atoms with Gasteiger partial charge in [0.2, 0.25) is 5.91 Å². The second kappa shape index (κ2) is 5.83. The molecule has 2 saturated heterocycles. The van der Waals surface area contributed by atoms with Gasteiger partial charge in [-0.3, -0.25) is 4.79 Å². The molecule has 98 valence electrons. The van der Waals surface area contributed by atoms with Gasteiger partial charge < -0.3 is 15.0 Å². The maximum Gasteiger partial charge on any atom is 0.225 e. The minimum atomic E-state index is 0.243. The normalized spacial score (nSPS) is 34.0. The Morgan fingerprint density at radius 2 is 2.29 bits per heavy atom. The Bertz CT molecular complexity index is 270. The molecule has 0 bridgehead atoms. The Morgan fingerprint density at radius 3 is 3.00 bits per heavy atom. The summed E-state index contributed by atoms with van der Waals surface area (Å²) in [5.74, 6) is 1.16. The van der Waals surface area contributed by atoms with Gasteiger partial charge in [-0.15, -0.1) is 0 Å². The van der Waals surface area contributed by atoms with Crippen molar-refractivity contribution in [2.24, 2.45) is 11.8 Å². The van der Waals surface area contributed by atoms with Crippen LogP contribution in [0.3, 0.4) is 0 Å². The van der Waals surface area contributed by atoms with Gasteiger partial charge in [0.1, 0.15) is 0 Å². The number of ether oxygens (including phenoxy) is 1. The monoisotopic (exact) mass is 240 g/mol. The molecule has 3 atom stereocenters. The summed E-state index contributed by atoms with van der Waals surface area (Å²) < 4.78 is 5.17. The summed E-state index contributed by atoms with van der Waals surface area (Å²) in [6.45, 7) is 5.74. The number of carbonyl (C=O) groups is 1. The fourth-order valence-corrected chi connectivity index (χ4v) is 3.02. The van der Waals surface area contributed by atoms with Gasteiger partial charge in [-0.2, -0.15) is 0 Å². The van der Waals surface area contributed by atoms with Gasteiger partial charge in [-0.1, -0.05) is 0 Å². The van der Waals surface area contributed by atoms with Crippen LogP contribution < -0.4 is 5.32 Å². The second-order valence-corrected chi connectivity index (χ2v) is 5.47. The van der Waals surface area contributed by atoms with E-state index >= 15 is 0 Å². The number of hydrogen-bond donors (Lipinski definition) is 1. The highest BCUT2D eigenvalue weighted by atomic mass is 16.5. The van der Waals surface area contributed by atoms with Crippen molar-refractivity contribution in [2.45, 2.75) is 32.2 Å². The Labute approximate surface area is 104 Å². The molecule has 0 aromatic rings. The number of nitrogens with zero attached hydrogens (tertiary/aromatic N) is 1. The van der Waals surface area contributed by atoms with Crippen LogP contribution in [0, 0.1) is 11.8 Å². The SMILES string of the molecule is COCC1CCN(C(=O)C2CCNC(C)C2)C1. The Balaban J connectivity index is 1.83. The molecule has 1 N–H and O–H groups in total. The molecule has 0 radical (unpaired) electrons. The van der Waals surface area contributed by atoms with Gasteiger partial charge in [0.25, 0.3) is 0 Å². The van der Waals surface area contributed by atoms with Crippen molar-refractivity contribution < 1.29 is 9.53 Å². The second-order valence-electron chi connectivity index (χ2n) is 5.47. The number of amides is 1. The predicted octanol–water partition coefficient (Wildman–Crippen LogP) is 0.869. The van der Waals surface area contributed by atoms with Crippen molar-refractivity contribution in [2.75, 3.05) is 33.4 Å². The lowest BCUT2D eigenvalue weighted by Gasteiger charge is -2.30. The lowest BCUT2D eigenvalue weighted by molar-refractivity contribution is -0.135. The van der Waals surface area contributed by atoms with Crippen LogP contribution in [0.1, 0.15) is 26.2 Å². The zero-order valence-electron chi connectivity index (χ0n) is 10.9. The van der Waals surface area contributed by atoms with Crippen LogP contribution in [0.25, 0.3) is 0 Å². The van der Waals surface area contributed by atoms with Gasteiger partial charge in [-0.05, 0) is 32.7 Å². The molecule has 0 saturated carbocycles. The highest BCUT2D eigenvalue weighted by Gasteiger charge is 2.32. The van der Waals surface area contributed by atoms with E-state index in [0.29, 0.717) is 17.9 Å². The summed E-state index contributed by atoms with van der Waals surface area (Å²) in [5, 5.41) is 3.40. The molecule has 2 aliphatic rings. The van der Waals surface area contributed by atoms with Gasteiger partial charge in [0.15, 0.2) is 0 Å². The highest BCUT2D eigenvalue weighted by molar-refractivity contribution is 5.79. The summed E-state index contributed by atoms with van der Waals surface area (Å²) >= 11 is 0. The topological polar surface area (TPSA) is 41.6 Å². The third-order valence-corrected chi connectivity index (χ3v) is 3.97. The fourth-order valence-electron chi connectivity index (χ4n) is 3.02. The molecule has 2 aliphatic heterocycles. The maximum atomic E-state index is 12.4. The molecular formula is C13H24N2O2. The minimum Gasteiger partial charge on any atom is -0.384 e. The number of piperidine rings is 1. The molecule has 0 aliphatic carbocycles. The first-order valence-corrected chi connectivity index (χ1v) is 6.71. The van der Waals surface area contributed by atoms with Crippen molar-refractivity contribution in [3.8, 4) is 0 Å². The molecule has 4 heteroatoms. The van der Waals surface area contributed by atoms with E-state index in [1.807, 2.05) is 4.90 Å². The van der Waals surface area contributed by atoms with E-state index in [-0.39, 0.29) is 5.92 Å². The highest BCUT2D eigenvalue weighted by Crippen LogP contribution is 2.23. The molecule has 0 aromatic heterocycles. The van der Waals surface area contributed by atoms with Gasteiger partial charge in [0.05, 0.1) is 6.61 Å². The van der Waals surface area contributed by atoms with Crippen molar-refractivity contribution in [3.63, 3.8) is 0 Å². The quantitative estimate of drug-likeness (QED) is 0.796. The number of carbonyl (C=O) groups excluding carboxylic acids is 1. The van der Waals surface area contributed by atoms with E-state index in [1.54, 1.807) is 7.11 Å². The average Bonchev–Trinajstić information content (AvgIpc) is 2.77. The van der Waals surface area contributed by atoms with E-state index in [0.717, 1.165) is 45.5 Å². The van der Waals surface area contributed by atoms with Gasteiger partial charge in [0, 0.05) is 38.1 Å². The Kier molecular flexibility index (Phi) is 4.40. The van der Waals surface area contributed by atoms with E-state index in [1.165, 1.54) is 0 Å².